The van der Waals surface area contributed by atoms with Gasteiger partial charge in [0.05, 0.1) is 19.1 Å². The lowest BCUT2D eigenvalue weighted by Crippen LogP contribution is -2.37. The quantitative estimate of drug-likeness (QED) is 0.732. The van der Waals surface area contributed by atoms with Crippen LogP contribution < -0.4 is 15.2 Å². The normalized spacial score (nSPS) is 9.56. The number of benzene rings is 1. The third kappa shape index (κ3) is 3.61. The summed E-state index contributed by atoms with van der Waals surface area (Å²) in [5.41, 5.74) is 0.379. The fourth-order valence-electron chi connectivity index (χ4n) is 1.12. The van der Waals surface area contributed by atoms with Crippen LogP contribution in [0.2, 0.25) is 0 Å². The first-order valence-corrected chi connectivity index (χ1v) is 4.84. The van der Waals surface area contributed by atoms with Crippen molar-refractivity contribution >= 4 is 11.9 Å². The van der Waals surface area contributed by atoms with Crippen molar-refractivity contribution in [2.45, 2.75) is 6.92 Å². The molecule has 1 N–H and O–H groups in total. The Hall–Kier alpha value is -2.04. The van der Waals surface area contributed by atoms with E-state index in [0.717, 1.165) is 0 Å². The zero-order chi connectivity index (χ0) is 12.0. The second-order valence-electron chi connectivity index (χ2n) is 3.01. The average molecular weight is 222 g/mol. The molecule has 86 valence electrons. The van der Waals surface area contributed by atoms with Crippen molar-refractivity contribution in [3.05, 3.63) is 29.8 Å². The van der Waals surface area contributed by atoms with Crippen LogP contribution in [0.4, 0.5) is 0 Å². The van der Waals surface area contributed by atoms with Gasteiger partial charge in [0.15, 0.2) is 0 Å². The van der Waals surface area contributed by atoms with Gasteiger partial charge in [0.2, 0.25) is 0 Å². The largest absolute Gasteiger partial charge is 0.548 e. The molecule has 1 amide bonds. The third-order valence-electron chi connectivity index (χ3n) is 1.82. The van der Waals surface area contributed by atoms with Crippen molar-refractivity contribution in [2.75, 3.05) is 13.2 Å². The van der Waals surface area contributed by atoms with E-state index in [-0.39, 0.29) is 0 Å². The number of carbonyl (C=O) groups is 2. The van der Waals surface area contributed by atoms with Crippen LogP contribution in [0, 0.1) is 0 Å². The first kappa shape index (κ1) is 12.0. The number of ether oxygens (including phenoxy) is 1. The molecule has 5 nitrogen and oxygen atoms in total. The van der Waals surface area contributed by atoms with Crippen LogP contribution in [0.15, 0.2) is 24.3 Å². The van der Waals surface area contributed by atoms with E-state index in [4.69, 9.17) is 4.74 Å². The maximum absolute atomic E-state index is 11.4. The van der Waals surface area contributed by atoms with Gasteiger partial charge in [-0.3, -0.25) is 4.79 Å². The minimum atomic E-state index is -1.32. The van der Waals surface area contributed by atoms with E-state index in [2.05, 4.69) is 5.32 Å². The summed E-state index contributed by atoms with van der Waals surface area (Å²) >= 11 is 0. The Morgan fingerprint density at radius 2 is 1.94 bits per heavy atom. The van der Waals surface area contributed by atoms with Gasteiger partial charge in [0.1, 0.15) is 5.75 Å². The zero-order valence-electron chi connectivity index (χ0n) is 8.86. The minimum absolute atomic E-state index is 0.379. The summed E-state index contributed by atoms with van der Waals surface area (Å²) in [5.74, 6) is -1.11. The molecule has 16 heavy (non-hydrogen) atoms. The molecule has 0 saturated carbocycles. The topological polar surface area (TPSA) is 78.5 Å². The van der Waals surface area contributed by atoms with Crippen LogP contribution in [-0.4, -0.2) is 25.0 Å². The van der Waals surface area contributed by atoms with Crippen LogP contribution in [0.1, 0.15) is 17.3 Å². The van der Waals surface area contributed by atoms with Crippen molar-refractivity contribution < 1.29 is 19.4 Å². The number of hydrogen-bond donors (Lipinski definition) is 1. The highest BCUT2D eigenvalue weighted by molar-refractivity contribution is 5.95. The Morgan fingerprint density at radius 3 is 2.44 bits per heavy atom. The maximum atomic E-state index is 11.4. The molecule has 0 saturated heterocycles. The predicted molar refractivity (Wildman–Crippen MR) is 55.0 cm³/mol. The molecule has 0 heterocycles. The van der Waals surface area contributed by atoms with Gasteiger partial charge in [-0.25, -0.2) is 0 Å². The van der Waals surface area contributed by atoms with Gasteiger partial charge in [-0.15, -0.1) is 0 Å². The molecule has 0 spiro atoms. The smallest absolute Gasteiger partial charge is 0.251 e. The molecule has 0 unspecified atom stereocenters. The summed E-state index contributed by atoms with van der Waals surface area (Å²) in [6.45, 7) is 1.92. The summed E-state index contributed by atoms with van der Waals surface area (Å²) in [5, 5.41) is 12.3. The number of hydrogen-bond acceptors (Lipinski definition) is 4. The number of carboxylic acid groups (broad SMARTS) is 1. The number of nitrogens with one attached hydrogen (secondary N) is 1. The highest BCUT2D eigenvalue weighted by Crippen LogP contribution is 2.11. The van der Waals surface area contributed by atoms with Gasteiger partial charge in [-0.1, -0.05) is 0 Å². The SMILES string of the molecule is CCOc1ccc(C(=O)NCC(=O)[O-])cc1. The highest BCUT2D eigenvalue weighted by Gasteiger charge is 2.04. The Bertz CT molecular complexity index is 372. The fourth-order valence-corrected chi connectivity index (χ4v) is 1.12. The van der Waals surface area contributed by atoms with Crippen LogP contribution in [0.3, 0.4) is 0 Å². The van der Waals surface area contributed by atoms with Crippen LogP contribution in [0.25, 0.3) is 0 Å². The highest BCUT2D eigenvalue weighted by atomic mass is 16.5. The number of amides is 1. The molecule has 1 rings (SSSR count). The summed E-state index contributed by atoms with van der Waals surface area (Å²) in [4.78, 5) is 21.5. The van der Waals surface area contributed by atoms with Gasteiger partial charge in [-0.05, 0) is 31.2 Å². The Labute approximate surface area is 93.0 Å². The van der Waals surface area contributed by atoms with Crippen LogP contribution >= 0.6 is 0 Å². The van der Waals surface area contributed by atoms with Crippen molar-refractivity contribution in [2.24, 2.45) is 0 Å². The molecule has 0 aliphatic carbocycles. The van der Waals surface area contributed by atoms with Crippen LogP contribution in [0.5, 0.6) is 5.75 Å². The molecule has 1 aromatic carbocycles. The number of aliphatic carboxylic acids is 1. The molecule has 0 aromatic heterocycles. The molecule has 0 aliphatic heterocycles. The van der Waals surface area contributed by atoms with E-state index in [9.17, 15) is 14.7 Å². The van der Waals surface area contributed by atoms with Crippen molar-refractivity contribution in [1.82, 2.24) is 5.32 Å². The number of carbonyl (C=O) groups excluding carboxylic acids is 2. The maximum Gasteiger partial charge on any atom is 0.251 e. The molecule has 0 bridgehead atoms. The lowest BCUT2D eigenvalue weighted by atomic mass is 10.2. The molecule has 5 heteroatoms. The summed E-state index contributed by atoms with van der Waals surface area (Å²) in [6, 6.07) is 6.43. The van der Waals surface area contributed by atoms with E-state index in [1.165, 1.54) is 0 Å². The van der Waals surface area contributed by atoms with E-state index in [1.807, 2.05) is 6.92 Å². The molecule has 0 aliphatic rings. The lowest BCUT2D eigenvalue weighted by molar-refractivity contribution is -0.303. The second-order valence-corrected chi connectivity index (χ2v) is 3.01. The average Bonchev–Trinajstić information content (AvgIpc) is 2.27. The summed E-state index contributed by atoms with van der Waals surface area (Å²) in [7, 11) is 0. The van der Waals surface area contributed by atoms with Crippen molar-refractivity contribution in [3.63, 3.8) is 0 Å². The molecule has 1 aromatic rings. The van der Waals surface area contributed by atoms with Crippen LogP contribution in [-0.2, 0) is 4.79 Å². The van der Waals surface area contributed by atoms with E-state index in [0.29, 0.717) is 17.9 Å². The van der Waals surface area contributed by atoms with Gasteiger partial charge in [0, 0.05) is 5.56 Å². The Kier molecular flexibility index (Phi) is 4.32. The Morgan fingerprint density at radius 1 is 1.31 bits per heavy atom. The minimum Gasteiger partial charge on any atom is -0.548 e. The first-order chi connectivity index (χ1) is 7.63. The zero-order valence-corrected chi connectivity index (χ0v) is 8.86. The molecule has 0 fully saturated rings. The van der Waals surface area contributed by atoms with Crippen molar-refractivity contribution in [3.8, 4) is 5.75 Å². The van der Waals surface area contributed by atoms with Crippen molar-refractivity contribution in [1.29, 1.82) is 0 Å². The molecular weight excluding hydrogens is 210 g/mol. The number of carboxylic acids is 1. The monoisotopic (exact) mass is 222 g/mol. The molecule has 0 radical (unpaired) electrons. The van der Waals surface area contributed by atoms with E-state index >= 15 is 0 Å². The van der Waals surface area contributed by atoms with E-state index < -0.39 is 18.4 Å². The fraction of sp³-hybridized carbons (Fsp3) is 0.273. The third-order valence-corrected chi connectivity index (χ3v) is 1.82. The summed E-state index contributed by atoms with van der Waals surface area (Å²) < 4.78 is 5.20. The van der Waals surface area contributed by atoms with Gasteiger partial charge < -0.3 is 20.0 Å². The Balaban J connectivity index is 2.59. The van der Waals surface area contributed by atoms with Gasteiger partial charge >= 0.3 is 0 Å². The molecular formula is C11H12NO4-. The predicted octanol–water partition coefficient (Wildman–Crippen LogP) is -0.435. The lowest BCUT2D eigenvalue weighted by Gasteiger charge is -2.06. The standard InChI is InChI=1S/C11H13NO4/c1-2-16-9-5-3-8(4-6-9)11(15)12-7-10(13)14/h3-6H,2,7H2,1H3,(H,12,15)(H,13,14)/p-1. The number of rotatable bonds is 5. The summed E-state index contributed by atoms with van der Waals surface area (Å²) in [6.07, 6.45) is 0. The van der Waals surface area contributed by atoms with E-state index in [1.54, 1.807) is 24.3 Å². The molecule has 0 atom stereocenters. The van der Waals surface area contributed by atoms with Gasteiger partial charge in [0.25, 0.3) is 5.91 Å². The second kappa shape index (κ2) is 5.75. The first-order valence-electron chi connectivity index (χ1n) is 4.84. The van der Waals surface area contributed by atoms with Gasteiger partial charge in [-0.2, -0.15) is 0 Å².